The van der Waals surface area contributed by atoms with Crippen LogP contribution in [-0.2, 0) is 11.8 Å². The van der Waals surface area contributed by atoms with Gasteiger partial charge in [0.15, 0.2) is 0 Å². The fourth-order valence-electron chi connectivity index (χ4n) is 2.30. The lowest BCUT2D eigenvalue weighted by atomic mass is 10.2. The third-order valence-corrected chi connectivity index (χ3v) is 3.45. The van der Waals surface area contributed by atoms with E-state index in [0.717, 1.165) is 22.2 Å². The lowest BCUT2D eigenvalue weighted by molar-refractivity contribution is -0.111. The van der Waals surface area contributed by atoms with Crippen molar-refractivity contribution in [3.05, 3.63) is 72.3 Å². The van der Waals surface area contributed by atoms with Gasteiger partial charge in [0, 0.05) is 24.2 Å². The van der Waals surface area contributed by atoms with Gasteiger partial charge in [0.05, 0.1) is 17.4 Å². The summed E-state index contributed by atoms with van der Waals surface area (Å²) in [6.07, 6.45) is 4.65. The van der Waals surface area contributed by atoms with E-state index in [1.54, 1.807) is 18.3 Å². The molecule has 2 aromatic heterocycles. The number of nitrogens with zero attached hydrogens (tertiary/aromatic N) is 2. The molecule has 1 amide bonds. The van der Waals surface area contributed by atoms with E-state index in [2.05, 4.69) is 28.7 Å². The van der Waals surface area contributed by atoms with Crippen LogP contribution in [0.5, 0.6) is 0 Å². The van der Waals surface area contributed by atoms with E-state index in [0.29, 0.717) is 5.69 Å². The Balaban J connectivity index is 2.01. The van der Waals surface area contributed by atoms with Gasteiger partial charge >= 0.3 is 0 Å². The number of aromatic nitrogens is 2. The molecule has 0 saturated carbocycles. The molecule has 0 radical (unpaired) electrons. The highest BCUT2D eigenvalue weighted by Gasteiger charge is 2.08. The Bertz CT molecular complexity index is 991. The number of aryl methyl sites for hydroxylation is 1. The zero-order chi connectivity index (χ0) is 17.1. The van der Waals surface area contributed by atoms with Crippen LogP contribution in [0.2, 0.25) is 0 Å². The van der Waals surface area contributed by atoms with Gasteiger partial charge in [-0.3, -0.25) is 4.79 Å². The Labute approximate surface area is 138 Å². The molecule has 0 aliphatic rings. The van der Waals surface area contributed by atoms with Crippen molar-refractivity contribution in [2.75, 3.05) is 5.32 Å². The van der Waals surface area contributed by atoms with Crippen LogP contribution in [0.1, 0.15) is 11.1 Å². The highest BCUT2D eigenvalue weighted by atomic mass is 19.1. The SMILES string of the molecule is C=CC(=O)Nc1cnc2c(c1)c(C#Cc1ccc(F)cc1)cn2C. The van der Waals surface area contributed by atoms with Crippen LogP contribution < -0.4 is 5.32 Å². The summed E-state index contributed by atoms with van der Waals surface area (Å²) in [5, 5.41) is 3.51. The minimum atomic E-state index is -0.300. The maximum Gasteiger partial charge on any atom is 0.247 e. The second-order valence-electron chi connectivity index (χ2n) is 5.20. The summed E-state index contributed by atoms with van der Waals surface area (Å²) in [5.74, 6) is 5.48. The summed E-state index contributed by atoms with van der Waals surface area (Å²) in [6, 6.07) is 7.82. The first-order valence-corrected chi connectivity index (χ1v) is 7.23. The molecular formula is C19H14FN3O. The molecule has 0 aliphatic heterocycles. The lowest BCUT2D eigenvalue weighted by Gasteiger charge is -2.02. The second-order valence-corrected chi connectivity index (χ2v) is 5.20. The molecule has 0 fully saturated rings. The van der Waals surface area contributed by atoms with Crippen molar-refractivity contribution in [1.82, 2.24) is 9.55 Å². The maximum atomic E-state index is 12.9. The molecule has 4 nitrogen and oxygen atoms in total. The summed E-state index contributed by atoms with van der Waals surface area (Å²) in [6.45, 7) is 3.42. The van der Waals surface area contributed by atoms with Crippen molar-refractivity contribution in [2.24, 2.45) is 7.05 Å². The molecule has 1 aromatic carbocycles. The molecule has 24 heavy (non-hydrogen) atoms. The van der Waals surface area contributed by atoms with E-state index in [1.165, 1.54) is 18.2 Å². The first-order valence-electron chi connectivity index (χ1n) is 7.23. The number of amides is 1. The molecule has 2 heterocycles. The number of nitrogens with one attached hydrogen (secondary N) is 1. The molecule has 0 atom stereocenters. The molecule has 0 aliphatic carbocycles. The first kappa shape index (κ1) is 15.5. The average molecular weight is 319 g/mol. The molecular weight excluding hydrogens is 305 g/mol. The van der Waals surface area contributed by atoms with Crippen LogP contribution >= 0.6 is 0 Å². The Hall–Kier alpha value is -3.39. The second kappa shape index (κ2) is 6.39. The van der Waals surface area contributed by atoms with Gasteiger partial charge in [-0.25, -0.2) is 9.37 Å². The average Bonchev–Trinajstić information content (AvgIpc) is 2.90. The Morgan fingerprint density at radius 1 is 1.33 bits per heavy atom. The highest BCUT2D eigenvalue weighted by molar-refractivity contribution is 6.00. The molecule has 5 heteroatoms. The number of carbonyl (C=O) groups is 1. The van der Waals surface area contributed by atoms with Gasteiger partial charge in [-0.05, 0) is 36.4 Å². The first-order chi connectivity index (χ1) is 11.6. The fourth-order valence-corrected chi connectivity index (χ4v) is 2.30. The summed E-state index contributed by atoms with van der Waals surface area (Å²) < 4.78 is 14.8. The predicted octanol–water partition coefficient (Wildman–Crippen LogP) is 3.24. The number of carbonyl (C=O) groups excluding carboxylic acids is 1. The predicted molar refractivity (Wildman–Crippen MR) is 91.9 cm³/mol. The van der Waals surface area contributed by atoms with Crippen molar-refractivity contribution in [2.45, 2.75) is 0 Å². The monoisotopic (exact) mass is 319 g/mol. The number of pyridine rings is 1. The van der Waals surface area contributed by atoms with E-state index in [9.17, 15) is 9.18 Å². The molecule has 3 rings (SSSR count). The summed E-state index contributed by atoms with van der Waals surface area (Å²) >= 11 is 0. The van der Waals surface area contributed by atoms with Crippen LogP contribution in [0, 0.1) is 17.7 Å². The number of rotatable bonds is 2. The summed E-state index contributed by atoms with van der Waals surface area (Å²) in [4.78, 5) is 15.8. The van der Waals surface area contributed by atoms with E-state index in [1.807, 2.05) is 23.9 Å². The Kier molecular flexibility index (Phi) is 4.13. The topological polar surface area (TPSA) is 46.9 Å². The molecule has 0 unspecified atom stereocenters. The van der Waals surface area contributed by atoms with Gasteiger partial charge in [-0.2, -0.15) is 0 Å². The standard InChI is InChI=1S/C19H14FN3O/c1-3-18(24)22-16-10-17-14(12-23(2)19(17)21-11-16)7-4-13-5-8-15(20)9-6-13/h3,5-6,8-12H,1H2,2H3,(H,22,24). The minimum Gasteiger partial charge on any atom is -0.334 e. The molecule has 118 valence electrons. The summed E-state index contributed by atoms with van der Waals surface area (Å²) in [7, 11) is 1.88. The third-order valence-electron chi connectivity index (χ3n) is 3.45. The number of hydrogen-bond donors (Lipinski definition) is 1. The number of fused-ring (bicyclic) bond motifs is 1. The van der Waals surface area contributed by atoms with Gasteiger partial charge in [0.2, 0.25) is 5.91 Å². The van der Waals surface area contributed by atoms with Crippen LogP contribution in [-0.4, -0.2) is 15.5 Å². The molecule has 0 spiro atoms. The zero-order valence-corrected chi connectivity index (χ0v) is 13.0. The summed E-state index contributed by atoms with van der Waals surface area (Å²) in [5.41, 5.74) is 2.83. The van der Waals surface area contributed by atoms with Crippen LogP contribution in [0.25, 0.3) is 11.0 Å². The molecule has 3 aromatic rings. The van der Waals surface area contributed by atoms with Crippen LogP contribution in [0.15, 0.2) is 55.4 Å². The van der Waals surface area contributed by atoms with Crippen LogP contribution in [0.3, 0.4) is 0 Å². The van der Waals surface area contributed by atoms with Gasteiger partial charge in [-0.1, -0.05) is 18.4 Å². The Morgan fingerprint density at radius 3 is 2.79 bits per heavy atom. The van der Waals surface area contributed by atoms with Crippen molar-refractivity contribution >= 4 is 22.6 Å². The van der Waals surface area contributed by atoms with Crippen LogP contribution in [0.4, 0.5) is 10.1 Å². The van der Waals surface area contributed by atoms with Gasteiger partial charge in [-0.15, -0.1) is 0 Å². The van der Waals surface area contributed by atoms with E-state index < -0.39 is 0 Å². The molecule has 0 bridgehead atoms. The van der Waals surface area contributed by atoms with Crippen molar-refractivity contribution in [3.63, 3.8) is 0 Å². The number of hydrogen-bond acceptors (Lipinski definition) is 2. The zero-order valence-electron chi connectivity index (χ0n) is 13.0. The van der Waals surface area contributed by atoms with Gasteiger partial charge in [0.1, 0.15) is 11.5 Å². The smallest absolute Gasteiger partial charge is 0.247 e. The van der Waals surface area contributed by atoms with Crippen molar-refractivity contribution < 1.29 is 9.18 Å². The van der Waals surface area contributed by atoms with Crippen molar-refractivity contribution in [1.29, 1.82) is 0 Å². The molecule has 0 saturated heterocycles. The molecule has 1 N–H and O–H groups in total. The normalized spacial score (nSPS) is 10.1. The Morgan fingerprint density at radius 2 is 2.08 bits per heavy atom. The van der Waals surface area contributed by atoms with E-state index in [-0.39, 0.29) is 11.7 Å². The number of anilines is 1. The van der Waals surface area contributed by atoms with Gasteiger partial charge in [0.25, 0.3) is 0 Å². The third kappa shape index (κ3) is 3.18. The number of halogens is 1. The maximum absolute atomic E-state index is 12.9. The quantitative estimate of drug-likeness (QED) is 0.582. The van der Waals surface area contributed by atoms with E-state index >= 15 is 0 Å². The van der Waals surface area contributed by atoms with E-state index in [4.69, 9.17) is 0 Å². The van der Waals surface area contributed by atoms with Crippen molar-refractivity contribution in [3.8, 4) is 11.8 Å². The number of benzene rings is 1. The lowest BCUT2D eigenvalue weighted by Crippen LogP contribution is -2.07. The van der Waals surface area contributed by atoms with Gasteiger partial charge < -0.3 is 9.88 Å². The highest BCUT2D eigenvalue weighted by Crippen LogP contribution is 2.21. The largest absolute Gasteiger partial charge is 0.334 e. The fraction of sp³-hybridized carbons (Fsp3) is 0.0526. The minimum absolute atomic E-state index is 0.294.